The van der Waals surface area contributed by atoms with Crippen molar-refractivity contribution < 1.29 is 14.5 Å². The maximum absolute atomic E-state index is 12.5. The molecule has 32 heavy (non-hydrogen) atoms. The van der Waals surface area contributed by atoms with Gasteiger partial charge in [0.15, 0.2) is 0 Å². The zero-order valence-electron chi connectivity index (χ0n) is 16.6. The maximum atomic E-state index is 12.5. The van der Waals surface area contributed by atoms with Crippen LogP contribution in [0.3, 0.4) is 0 Å². The molecule has 3 aromatic carbocycles. The second-order valence-corrected chi connectivity index (χ2v) is 7.76. The minimum atomic E-state index is -0.500. The van der Waals surface area contributed by atoms with Crippen molar-refractivity contribution >= 4 is 44.6 Å². The Hall–Kier alpha value is -3.98. The average Bonchev–Trinajstić information content (AvgIpc) is 3.23. The first kappa shape index (κ1) is 21.3. The molecular formula is C23H17BrN4O4. The third-order valence-electron chi connectivity index (χ3n) is 4.72. The third kappa shape index (κ3) is 4.84. The number of halogens is 1. The van der Waals surface area contributed by atoms with Crippen molar-refractivity contribution in [3.05, 3.63) is 104 Å². The molecule has 0 saturated heterocycles. The Morgan fingerprint density at radius 2 is 1.94 bits per heavy atom. The van der Waals surface area contributed by atoms with Crippen LogP contribution < -0.4 is 10.2 Å². The summed E-state index contributed by atoms with van der Waals surface area (Å²) >= 11 is 3.38. The normalized spacial score (nSPS) is 11.0. The lowest BCUT2D eigenvalue weighted by atomic mass is 10.2. The van der Waals surface area contributed by atoms with E-state index < -0.39 is 10.8 Å². The maximum Gasteiger partial charge on any atom is 0.273 e. The summed E-state index contributed by atoms with van der Waals surface area (Å²) in [6.07, 6.45) is 2.94. The molecule has 0 fully saturated rings. The van der Waals surface area contributed by atoms with Gasteiger partial charge in [-0.1, -0.05) is 46.3 Å². The van der Waals surface area contributed by atoms with Gasteiger partial charge >= 0.3 is 0 Å². The van der Waals surface area contributed by atoms with E-state index in [2.05, 4.69) is 31.4 Å². The highest BCUT2D eigenvalue weighted by Crippen LogP contribution is 2.24. The quantitative estimate of drug-likeness (QED) is 0.210. The van der Waals surface area contributed by atoms with Crippen LogP contribution in [0.1, 0.15) is 21.5 Å². The molecule has 1 aromatic heterocycles. The van der Waals surface area contributed by atoms with Gasteiger partial charge in [-0.3, -0.25) is 14.9 Å². The van der Waals surface area contributed by atoms with Crippen LogP contribution in [-0.4, -0.2) is 22.0 Å². The van der Waals surface area contributed by atoms with E-state index in [1.807, 2.05) is 48.5 Å². The van der Waals surface area contributed by atoms with Crippen molar-refractivity contribution in [3.8, 4) is 5.75 Å². The molecule has 0 aliphatic rings. The van der Waals surface area contributed by atoms with Crippen molar-refractivity contribution in [1.82, 2.24) is 10.4 Å². The number of nitro groups is 1. The molecule has 0 bridgehead atoms. The van der Waals surface area contributed by atoms with Gasteiger partial charge in [0.05, 0.1) is 16.7 Å². The highest BCUT2D eigenvalue weighted by Gasteiger charge is 2.13. The number of nitrogens with zero attached hydrogens (tertiary/aromatic N) is 2. The average molecular weight is 493 g/mol. The number of para-hydroxylation sites is 1. The smallest absolute Gasteiger partial charge is 0.273 e. The van der Waals surface area contributed by atoms with Gasteiger partial charge in [0.25, 0.3) is 11.6 Å². The van der Waals surface area contributed by atoms with Crippen LogP contribution in [0.4, 0.5) is 5.69 Å². The highest BCUT2D eigenvalue weighted by molar-refractivity contribution is 9.10. The molecule has 9 heteroatoms. The van der Waals surface area contributed by atoms with Gasteiger partial charge in [-0.05, 0) is 29.8 Å². The number of hydrogen-bond donors (Lipinski definition) is 2. The standard InChI is InChI=1S/C23H17BrN4O4/c24-17-7-5-15(6-8-17)14-32-22-10-9-18(28(30)31)11-16(22)12-26-27-23(29)20-13-25-21-4-2-1-3-19(20)21/h1-13,25H,14H2,(H,27,29). The molecule has 0 saturated carbocycles. The minimum Gasteiger partial charge on any atom is -0.488 e. The Balaban J connectivity index is 1.52. The van der Waals surface area contributed by atoms with E-state index in [4.69, 9.17) is 4.74 Å². The molecule has 1 heterocycles. The summed E-state index contributed by atoms with van der Waals surface area (Å²) in [6.45, 7) is 0.271. The van der Waals surface area contributed by atoms with E-state index in [9.17, 15) is 14.9 Å². The number of carbonyl (C=O) groups is 1. The molecule has 160 valence electrons. The van der Waals surface area contributed by atoms with E-state index in [1.54, 1.807) is 6.20 Å². The highest BCUT2D eigenvalue weighted by atomic mass is 79.9. The van der Waals surface area contributed by atoms with Crippen LogP contribution in [0, 0.1) is 10.1 Å². The molecule has 0 radical (unpaired) electrons. The Kier molecular flexibility index (Phi) is 6.27. The fraction of sp³-hybridized carbons (Fsp3) is 0.0435. The monoisotopic (exact) mass is 492 g/mol. The van der Waals surface area contributed by atoms with Gasteiger partial charge in [0, 0.05) is 39.3 Å². The number of ether oxygens (including phenoxy) is 1. The van der Waals surface area contributed by atoms with E-state index in [0.717, 1.165) is 20.9 Å². The zero-order chi connectivity index (χ0) is 22.5. The molecule has 0 aliphatic carbocycles. The fourth-order valence-electron chi connectivity index (χ4n) is 3.10. The summed E-state index contributed by atoms with van der Waals surface area (Å²) in [5.74, 6) is 0.00470. The third-order valence-corrected chi connectivity index (χ3v) is 5.24. The Labute approximate surface area is 191 Å². The molecule has 4 rings (SSSR count). The lowest BCUT2D eigenvalue weighted by molar-refractivity contribution is -0.384. The van der Waals surface area contributed by atoms with Crippen molar-refractivity contribution in [2.45, 2.75) is 6.61 Å². The largest absolute Gasteiger partial charge is 0.488 e. The fourth-order valence-corrected chi connectivity index (χ4v) is 3.37. The second-order valence-electron chi connectivity index (χ2n) is 6.84. The molecule has 2 N–H and O–H groups in total. The number of hydrogen-bond acceptors (Lipinski definition) is 5. The van der Waals surface area contributed by atoms with Gasteiger partial charge in [0.2, 0.25) is 0 Å². The molecule has 0 aliphatic heterocycles. The van der Waals surface area contributed by atoms with Gasteiger partial charge in [-0.2, -0.15) is 5.10 Å². The van der Waals surface area contributed by atoms with Crippen LogP contribution in [0.25, 0.3) is 10.9 Å². The van der Waals surface area contributed by atoms with Crippen LogP contribution in [0.15, 0.2) is 82.5 Å². The van der Waals surface area contributed by atoms with Crippen molar-refractivity contribution in [2.75, 3.05) is 0 Å². The molecule has 0 unspecified atom stereocenters. The SMILES string of the molecule is O=C(NN=Cc1cc([N+](=O)[O-])ccc1OCc1ccc(Br)cc1)c1c[nH]c2ccccc12. The number of fused-ring (bicyclic) bond motifs is 1. The number of benzene rings is 3. The summed E-state index contributed by atoms with van der Waals surface area (Å²) < 4.78 is 6.79. The second kappa shape index (κ2) is 9.44. The predicted octanol–water partition coefficient (Wildman–Crippen LogP) is 5.18. The Bertz CT molecular complexity index is 1320. The van der Waals surface area contributed by atoms with Crippen LogP contribution >= 0.6 is 15.9 Å². The Morgan fingerprint density at radius 1 is 1.16 bits per heavy atom. The molecule has 0 spiro atoms. The zero-order valence-corrected chi connectivity index (χ0v) is 18.2. The van der Waals surface area contributed by atoms with E-state index >= 15 is 0 Å². The van der Waals surface area contributed by atoms with Crippen molar-refractivity contribution in [2.24, 2.45) is 5.10 Å². The number of aromatic nitrogens is 1. The number of amides is 1. The van der Waals surface area contributed by atoms with Gasteiger partial charge in [-0.25, -0.2) is 5.43 Å². The minimum absolute atomic E-state index is 0.106. The number of hydrazone groups is 1. The molecule has 0 atom stereocenters. The number of aromatic amines is 1. The van der Waals surface area contributed by atoms with E-state index in [1.165, 1.54) is 24.4 Å². The molecule has 1 amide bonds. The summed E-state index contributed by atoms with van der Waals surface area (Å²) in [4.78, 5) is 26.2. The number of nitrogens with one attached hydrogen (secondary N) is 2. The number of H-pyrrole nitrogens is 1. The molecule has 8 nitrogen and oxygen atoms in total. The number of nitro benzene ring substituents is 1. The number of carbonyl (C=O) groups excluding carboxylic acids is 1. The molecular weight excluding hydrogens is 476 g/mol. The van der Waals surface area contributed by atoms with Crippen LogP contribution in [0.2, 0.25) is 0 Å². The number of non-ortho nitro benzene ring substituents is 1. The Morgan fingerprint density at radius 3 is 2.72 bits per heavy atom. The van der Waals surface area contributed by atoms with E-state index in [0.29, 0.717) is 16.9 Å². The van der Waals surface area contributed by atoms with Crippen molar-refractivity contribution in [3.63, 3.8) is 0 Å². The topological polar surface area (TPSA) is 110 Å². The summed E-state index contributed by atoms with van der Waals surface area (Å²) in [7, 11) is 0. The van der Waals surface area contributed by atoms with Crippen LogP contribution in [-0.2, 0) is 6.61 Å². The molecule has 4 aromatic rings. The summed E-state index contributed by atoms with van der Waals surface area (Å²) in [5, 5.41) is 15.9. The first-order chi connectivity index (χ1) is 15.5. The predicted molar refractivity (Wildman–Crippen MR) is 125 cm³/mol. The van der Waals surface area contributed by atoms with Crippen molar-refractivity contribution in [1.29, 1.82) is 0 Å². The van der Waals surface area contributed by atoms with E-state index in [-0.39, 0.29) is 12.3 Å². The van der Waals surface area contributed by atoms with Gasteiger partial charge < -0.3 is 9.72 Å². The lowest BCUT2D eigenvalue weighted by Gasteiger charge is -2.09. The summed E-state index contributed by atoms with van der Waals surface area (Å²) in [5.41, 5.74) is 4.94. The lowest BCUT2D eigenvalue weighted by Crippen LogP contribution is -2.17. The number of rotatable bonds is 7. The first-order valence-electron chi connectivity index (χ1n) is 9.56. The summed E-state index contributed by atoms with van der Waals surface area (Å²) in [6, 6.07) is 19.2. The first-order valence-corrected chi connectivity index (χ1v) is 10.4. The van der Waals surface area contributed by atoms with Gasteiger partial charge in [0.1, 0.15) is 12.4 Å². The van der Waals surface area contributed by atoms with Crippen LogP contribution in [0.5, 0.6) is 5.75 Å². The van der Waals surface area contributed by atoms with Gasteiger partial charge in [-0.15, -0.1) is 0 Å².